The third kappa shape index (κ3) is 4.70. The number of rotatable bonds is 6. The summed E-state index contributed by atoms with van der Waals surface area (Å²) in [6.45, 7) is 3.53. The van der Waals surface area contributed by atoms with E-state index in [1.807, 2.05) is 6.07 Å². The third-order valence-electron chi connectivity index (χ3n) is 5.88. The van der Waals surface area contributed by atoms with Gasteiger partial charge in [-0.05, 0) is 61.9 Å². The number of benzene rings is 2. The standard InChI is InChI=1S/C27H21FN8O/c1-27(2,13-29)17-6-3-5-16(11-17)26(37)36-21-12-18(8-9-20(21)28)35-24-19(7-4-10-30-24)22-23-25(33-14-31-22)34-15-32-23/h3-12,14-15H,1-2H3,(H,30,35)(H,36,37)(H,31,32,33,34). The summed E-state index contributed by atoms with van der Waals surface area (Å²) in [5.41, 5.74) is 3.18. The van der Waals surface area contributed by atoms with Crippen LogP contribution in [0.2, 0.25) is 0 Å². The third-order valence-corrected chi connectivity index (χ3v) is 5.88. The number of anilines is 3. The number of hydrogen-bond donors (Lipinski definition) is 3. The van der Waals surface area contributed by atoms with E-state index in [9.17, 15) is 14.4 Å². The molecule has 0 spiro atoms. The van der Waals surface area contributed by atoms with Crippen molar-refractivity contribution in [2.24, 2.45) is 0 Å². The molecule has 3 aromatic heterocycles. The van der Waals surface area contributed by atoms with Gasteiger partial charge >= 0.3 is 0 Å². The highest BCUT2D eigenvalue weighted by molar-refractivity contribution is 6.04. The van der Waals surface area contributed by atoms with Gasteiger partial charge in [-0.25, -0.2) is 24.3 Å². The number of nitrogens with zero attached hydrogens (tertiary/aromatic N) is 5. The molecule has 0 atom stereocenters. The molecule has 0 saturated carbocycles. The Morgan fingerprint density at radius 2 is 1.92 bits per heavy atom. The number of aromatic nitrogens is 5. The van der Waals surface area contributed by atoms with Crippen LogP contribution in [0.25, 0.3) is 22.4 Å². The minimum absolute atomic E-state index is 0.00541. The molecule has 0 aliphatic carbocycles. The van der Waals surface area contributed by atoms with E-state index in [1.165, 1.54) is 24.8 Å². The second kappa shape index (κ2) is 9.47. The highest BCUT2D eigenvalue weighted by Gasteiger charge is 2.21. The SMILES string of the molecule is CC(C)(C#N)c1cccc(C(=O)Nc2cc(Nc3ncccc3-c3ncnc4[nH]cnc34)ccc2F)c1. The van der Waals surface area contributed by atoms with E-state index in [4.69, 9.17) is 0 Å². The van der Waals surface area contributed by atoms with E-state index >= 15 is 0 Å². The quantitative estimate of drug-likeness (QED) is 0.291. The van der Waals surface area contributed by atoms with Gasteiger partial charge in [0.05, 0.1) is 23.5 Å². The van der Waals surface area contributed by atoms with Gasteiger partial charge in [0.1, 0.15) is 29.2 Å². The van der Waals surface area contributed by atoms with Crippen LogP contribution in [-0.4, -0.2) is 30.8 Å². The molecule has 0 aliphatic heterocycles. The van der Waals surface area contributed by atoms with Crippen LogP contribution in [0.3, 0.4) is 0 Å². The molecular weight excluding hydrogens is 471 g/mol. The molecule has 0 radical (unpaired) electrons. The maximum Gasteiger partial charge on any atom is 0.255 e. The molecule has 5 rings (SSSR count). The first-order valence-corrected chi connectivity index (χ1v) is 11.3. The number of H-pyrrole nitrogens is 1. The number of nitriles is 1. The second-order valence-electron chi connectivity index (χ2n) is 8.81. The molecule has 0 unspecified atom stereocenters. The predicted molar refractivity (Wildman–Crippen MR) is 138 cm³/mol. The van der Waals surface area contributed by atoms with Gasteiger partial charge in [0, 0.05) is 23.0 Å². The first kappa shape index (κ1) is 23.6. The van der Waals surface area contributed by atoms with Gasteiger partial charge < -0.3 is 15.6 Å². The van der Waals surface area contributed by atoms with Gasteiger partial charge in [0.2, 0.25) is 0 Å². The number of hydrogen-bond acceptors (Lipinski definition) is 7. The smallest absolute Gasteiger partial charge is 0.255 e. The van der Waals surface area contributed by atoms with Crippen molar-refractivity contribution in [2.45, 2.75) is 19.3 Å². The number of carbonyl (C=O) groups is 1. The van der Waals surface area contributed by atoms with E-state index in [0.29, 0.717) is 45.1 Å². The van der Waals surface area contributed by atoms with Crippen molar-refractivity contribution in [3.63, 3.8) is 0 Å². The fraction of sp³-hybridized carbons (Fsp3) is 0.111. The number of pyridine rings is 1. The summed E-state index contributed by atoms with van der Waals surface area (Å²) >= 11 is 0. The Balaban J connectivity index is 1.43. The van der Waals surface area contributed by atoms with Crippen LogP contribution in [0.5, 0.6) is 0 Å². The number of nitrogens with one attached hydrogen (secondary N) is 3. The number of fused-ring (bicyclic) bond motifs is 1. The zero-order valence-electron chi connectivity index (χ0n) is 20.0. The van der Waals surface area contributed by atoms with Crippen molar-refractivity contribution < 1.29 is 9.18 Å². The Labute approximate surface area is 211 Å². The van der Waals surface area contributed by atoms with Crippen molar-refractivity contribution in [3.05, 3.63) is 90.4 Å². The van der Waals surface area contributed by atoms with E-state index in [2.05, 4.69) is 41.6 Å². The van der Waals surface area contributed by atoms with Gasteiger partial charge in [-0.1, -0.05) is 12.1 Å². The number of carbonyl (C=O) groups excluding carboxylic acids is 1. The largest absolute Gasteiger partial charge is 0.340 e. The summed E-state index contributed by atoms with van der Waals surface area (Å²) in [5.74, 6) is -0.615. The minimum Gasteiger partial charge on any atom is -0.340 e. The molecule has 0 bridgehead atoms. The molecule has 3 N–H and O–H groups in total. The van der Waals surface area contributed by atoms with Crippen LogP contribution in [0.15, 0.2) is 73.4 Å². The monoisotopic (exact) mass is 492 g/mol. The van der Waals surface area contributed by atoms with Crippen molar-refractivity contribution in [3.8, 4) is 17.3 Å². The highest BCUT2D eigenvalue weighted by Crippen LogP contribution is 2.31. The summed E-state index contributed by atoms with van der Waals surface area (Å²) < 4.78 is 14.7. The Hall–Kier alpha value is -5.17. The van der Waals surface area contributed by atoms with Gasteiger partial charge in [-0.3, -0.25) is 4.79 Å². The first-order valence-electron chi connectivity index (χ1n) is 11.3. The Morgan fingerprint density at radius 3 is 2.76 bits per heavy atom. The highest BCUT2D eigenvalue weighted by atomic mass is 19.1. The molecule has 10 heteroatoms. The molecule has 3 heterocycles. The zero-order valence-corrected chi connectivity index (χ0v) is 20.0. The fourth-order valence-corrected chi connectivity index (χ4v) is 3.80. The fourth-order valence-electron chi connectivity index (χ4n) is 3.80. The summed E-state index contributed by atoms with van der Waals surface area (Å²) in [6.07, 6.45) is 4.60. The van der Waals surface area contributed by atoms with Crippen LogP contribution in [0.1, 0.15) is 29.8 Å². The average molecular weight is 493 g/mol. The maximum absolute atomic E-state index is 14.7. The molecule has 2 aromatic carbocycles. The molecule has 0 aliphatic rings. The Morgan fingerprint density at radius 1 is 1.05 bits per heavy atom. The molecule has 1 amide bonds. The van der Waals surface area contributed by atoms with Crippen LogP contribution >= 0.6 is 0 Å². The summed E-state index contributed by atoms with van der Waals surface area (Å²) in [6, 6.07) is 16.9. The van der Waals surface area contributed by atoms with Gasteiger partial charge in [0.15, 0.2) is 5.65 Å². The first-order chi connectivity index (χ1) is 17.9. The normalized spacial score (nSPS) is 11.2. The zero-order chi connectivity index (χ0) is 26.0. The van der Waals surface area contributed by atoms with Crippen molar-refractivity contribution in [2.75, 3.05) is 10.6 Å². The lowest BCUT2D eigenvalue weighted by molar-refractivity contribution is 0.102. The molecule has 37 heavy (non-hydrogen) atoms. The molecule has 0 fully saturated rings. The van der Waals surface area contributed by atoms with Gasteiger partial charge in [-0.2, -0.15) is 5.26 Å². The Kier molecular flexibility index (Phi) is 6.03. The van der Waals surface area contributed by atoms with Crippen LogP contribution in [0.4, 0.5) is 21.6 Å². The minimum atomic E-state index is -0.767. The number of amides is 1. The molecule has 182 valence electrons. The second-order valence-corrected chi connectivity index (χ2v) is 8.81. The summed E-state index contributed by atoms with van der Waals surface area (Å²) in [7, 11) is 0. The lowest BCUT2D eigenvalue weighted by atomic mass is 9.85. The lowest BCUT2D eigenvalue weighted by Gasteiger charge is -2.17. The van der Waals surface area contributed by atoms with Crippen molar-refractivity contribution >= 4 is 34.3 Å². The number of imidazole rings is 1. The van der Waals surface area contributed by atoms with Crippen LogP contribution < -0.4 is 10.6 Å². The van der Waals surface area contributed by atoms with Crippen molar-refractivity contribution in [1.29, 1.82) is 5.26 Å². The summed E-state index contributed by atoms with van der Waals surface area (Å²) in [5, 5.41) is 15.2. The average Bonchev–Trinajstić information content (AvgIpc) is 3.40. The van der Waals surface area contributed by atoms with E-state index in [1.54, 1.807) is 56.4 Å². The molecular formula is C27H21FN8O. The van der Waals surface area contributed by atoms with Crippen LogP contribution in [-0.2, 0) is 5.41 Å². The number of aromatic amines is 1. The lowest BCUT2D eigenvalue weighted by Crippen LogP contribution is -2.17. The van der Waals surface area contributed by atoms with E-state index in [-0.39, 0.29) is 5.69 Å². The topological polar surface area (TPSA) is 132 Å². The van der Waals surface area contributed by atoms with E-state index < -0.39 is 17.1 Å². The van der Waals surface area contributed by atoms with Crippen LogP contribution in [0, 0.1) is 17.1 Å². The summed E-state index contributed by atoms with van der Waals surface area (Å²) in [4.78, 5) is 33.2. The van der Waals surface area contributed by atoms with Gasteiger partial charge in [-0.15, -0.1) is 0 Å². The number of halogens is 1. The van der Waals surface area contributed by atoms with Gasteiger partial charge in [0.25, 0.3) is 5.91 Å². The Bertz CT molecular complexity index is 1670. The molecule has 5 aromatic rings. The van der Waals surface area contributed by atoms with Crippen molar-refractivity contribution in [1.82, 2.24) is 24.9 Å². The molecule has 9 nitrogen and oxygen atoms in total. The predicted octanol–water partition coefficient (Wildman–Crippen LogP) is 5.35. The molecule has 0 saturated heterocycles. The maximum atomic E-state index is 14.7. The van der Waals surface area contributed by atoms with E-state index in [0.717, 1.165) is 0 Å².